The normalized spacial score (nSPS) is 12.7. The van der Waals surface area contributed by atoms with Crippen LogP contribution in [0.15, 0.2) is 16.6 Å². The molecule has 0 amide bonds. The number of alkyl halides is 2. The zero-order valence-corrected chi connectivity index (χ0v) is 13.4. The van der Waals surface area contributed by atoms with Gasteiger partial charge in [0.2, 0.25) is 0 Å². The maximum Gasteiger partial charge on any atom is 0.379 e. The van der Waals surface area contributed by atoms with Crippen molar-refractivity contribution in [2.45, 2.75) is 18.9 Å². The molecular weight excluding hydrogens is 352 g/mol. The molecule has 0 aromatic heterocycles. The molecule has 1 rings (SSSR count). The number of methoxy groups -OCH3 is 2. The highest BCUT2D eigenvalue weighted by Crippen LogP contribution is 2.40. The summed E-state index contributed by atoms with van der Waals surface area (Å²) in [5.41, 5.74) is 5.55. The first-order valence-corrected chi connectivity index (χ1v) is 6.80. The Balaban J connectivity index is 3.23. The smallest absolute Gasteiger partial charge is 0.379 e. The van der Waals surface area contributed by atoms with E-state index in [9.17, 15) is 13.6 Å². The lowest BCUT2D eigenvalue weighted by Gasteiger charge is -2.23. The van der Waals surface area contributed by atoms with Crippen molar-refractivity contribution >= 4 is 21.9 Å². The molecule has 0 saturated carbocycles. The first-order chi connectivity index (χ1) is 9.79. The summed E-state index contributed by atoms with van der Waals surface area (Å²) >= 11 is 3.13. The van der Waals surface area contributed by atoms with Gasteiger partial charge in [-0.05, 0) is 24.6 Å². The first kappa shape index (κ1) is 17.6. The Morgan fingerprint density at radius 3 is 2.33 bits per heavy atom. The molecule has 0 spiro atoms. The minimum absolute atomic E-state index is 0.00528. The summed E-state index contributed by atoms with van der Waals surface area (Å²) in [7, 11) is 2.78. The van der Waals surface area contributed by atoms with Crippen molar-refractivity contribution in [2.75, 3.05) is 20.8 Å². The van der Waals surface area contributed by atoms with Gasteiger partial charge in [-0.1, -0.05) is 15.9 Å². The van der Waals surface area contributed by atoms with Crippen molar-refractivity contribution in [2.24, 2.45) is 5.73 Å². The number of carbonyl (C=O) groups is 1. The van der Waals surface area contributed by atoms with Crippen molar-refractivity contribution in [3.8, 4) is 11.5 Å². The van der Waals surface area contributed by atoms with Gasteiger partial charge in [-0.25, -0.2) is 4.79 Å². The Kier molecular flexibility index (Phi) is 5.91. The largest absolute Gasteiger partial charge is 0.493 e. The van der Waals surface area contributed by atoms with E-state index in [2.05, 4.69) is 20.7 Å². The lowest BCUT2D eigenvalue weighted by molar-refractivity contribution is -0.174. The topological polar surface area (TPSA) is 70.8 Å². The molecule has 1 atom stereocenters. The third kappa shape index (κ3) is 3.62. The lowest BCUT2D eigenvalue weighted by Crippen LogP contribution is -2.41. The second-order valence-electron chi connectivity index (χ2n) is 4.05. The van der Waals surface area contributed by atoms with E-state index in [-0.39, 0.29) is 22.4 Å². The quantitative estimate of drug-likeness (QED) is 0.782. The van der Waals surface area contributed by atoms with Crippen LogP contribution < -0.4 is 15.2 Å². The van der Waals surface area contributed by atoms with Gasteiger partial charge in [-0.2, -0.15) is 8.78 Å². The number of esters is 1. The molecule has 0 bridgehead atoms. The molecule has 0 aliphatic carbocycles. The molecular formula is C13H16BrF2NO4. The van der Waals surface area contributed by atoms with Gasteiger partial charge in [-0.15, -0.1) is 0 Å². The van der Waals surface area contributed by atoms with Crippen molar-refractivity contribution in [3.63, 3.8) is 0 Å². The fourth-order valence-corrected chi connectivity index (χ4v) is 2.23. The number of benzene rings is 1. The van der Waals surface area contributed by atoms with E-state index in [1.165, 1.54) is 33.3 Å². The summed E-state index contributed by atoms with van der Waals surface area (Å²) in [5, 5.41) is 0. The second-order valence-corrected chi connectivity index (χ2v) is 4.90. The van der Waals surface area contributed by atoms with Crippen LogP contribution >= 0.6 is 15.9 Å². The molecule has 0 aliphatic rings. The summed E-state index contributed by atoms with van der Waals surface area (Å²) in [4.78, 5) is 11.3. The molecule has 1 aromatic carbocycles. The minimum atomic E-state index is -3.86. The zero-order valence-electron chi connectivity index (χ0n) is 11.8. The molecule has 0 saturated heterocycles. The Bertz CT molecular complexity index is 525. The fourth-order valence-electron chi connectivity index (χ4n) is 1.66. The average molecular weight is 368 g/mol. The Morgan fingerprint density at radius 1 is 1.33 bits per heavy atom. The van der Waals surface area contributed by atoms with E-state index >= 15 is 0 Å². The number of rotatable bonds is 6. The molecule has 8 heteroatoms. The second kappa shape index (κ2) is 7.04. The Hall–Kier alpha value is -1.41. The molecule has 0 fully saturated rings. The highest BCUT2D eigenvalue weighted by Gasteiger charge is 2.48. The summed E-state index contributed by atoms with van der Waals surface area (Å²) < 4.78 is 42.7. The van der Waals surface area contributed by atoms with Gasteiger partial charge in [0.25, 0.3) is 0 Å². The Morgan fingerprint density at radius 2 is 1.86 bits per heavy atom. The Labute approximate surface area is 129 Å². The number of hydrogen-bond acceptors (Lipinski definition) is 5. The van der Waals surface area contributed by atoms with Crippen LogP contribution in [0.5, 0.6) is 11.5 Å². The summed E-state index contributed by atoms with van der Waals surface area (Å²) in [6.07, 6.45) is 0. The van der Waals surface area contributed by atoms with E-state index < -0.39 is 17.9 Å². The van der Waals surface area contributed by atoms with Gasteiger partial charge in [0.15, 0.2) is 11.5 Å². The highest BCUT2D eigenvalue weighted by atomic mass is 79.9. The first-order valence-electron chi connectivity index (χ1n) is 6.01. The fraction of sp³-hybridized carbons (Fsp3) is 0.462. The number of hydrogen-bond donors (Lipinski definition) is 1. The van der Waals surface area contributed by atoms with Crippen LogP contribution in [0, 0.1) is 0 Å². The highest BCUT2D eigenvalue weighted by molar-refractivity contribution is 9.10. The lowest BCUT2D eigenvalue weighted by atomic mass is 10.0. The van der Waals surface area contributed by atoms with Crippen molar-refractivity contribution < 1.29 is 27.8 Å². The van der Waals surface area contributed by atoms with Crippen LogP contribution in [0.2, 0.25) is 0 Å². The van der Waals surface area contributed by atoms with Crippen LogP contribution in [0.25, 0.3) is 0 Å². The van der Waals surface area contributed by atoms with Crippen molar-refractivity contribution in [1.29, 1.82) is 0 Å². The maximum absolute atomic E-state index is 14.0. The van der Waals surface area contributed by atoms with Gasteiger partial charge < -0.3 is 19.9 Å². The maximum atomic E-state index is 14.0. The molecule has 1 aromatic rings. The number of halogens is 3. The molecule has 118 valence electrons. The molecule has 5 nitrogen and oxygen atoms in total. The van der Waals surface area contributed by atoms with Gasteiger partial charge in [-0.3, -0.25) is 0 Å². The third-order valence-corrected chi connectivity index (χ3v) is 3.46. The molecule has 0 radical (unpaired) electrons. The standard InChI is InChI=1S/C13H16BrF2NO4/c1-4-21-12(18)13(15,16)11(17)7-5-9(19-2)10(20-3)6-8(7)14/h5-6,11H,4,17H2,1-3H3/t11-/m1/s1. The predicted octanol–water partition coefficient (Wildman–Crippen LogP) is 2.66. The van der Waals surface area contributed by atoms with Gasteiger partial charge in [0.1, 0.15) is 6.04 Å². The van der Waals surface area contributed by atoms with E-state index in [1.807, 2.05) is 0 Å². The van der Waals surface area contributed by atoms with Crippen LogP contribution in [0.1, 0.15) is 18.5 Å². The van der Waals surface area contributed by atoms with E-state index in [0.29, 0.717) is 5.75 Å². The molecule has 21 heavy (non-hydrogen) atoms. The van der Waals surface area contributed by atoms with Crippen LogP contribution in [-0.2, 0) is 9.53 Å². The molecule has 0 unspecified atom stereocenters. The summed E-state index contributed by atoms with van der Waals surface area (Å²) in [6.45, 7) is 1.28. The number of ether oxygens (including phenoxy) is 3. The summed E-state index contributed by atoms with van der Waals surface area (Å²) in [6, 6.07) is 0.849. The van der Waals surface area contributed by atoms with Gasteiger partial charge >= 0.3 is 11.9 Å². The van der Waals surface area contributed by atoms with Crippen LogP contribution in [0.4, 0.5) is 8.78 Å². The zero-order chi connectivity index (χ0) is 16.2. The molecule has 0 heterocycles. The minimum Gasteiger partial charge on any atom is -0.493 e. The average Bonchev–Trinajstić information content (AvgIpc) is 2.46. The van der Waals surface area contributed by atoms with Gasteiger partial charge in [0.05, 0.1) is 20.8 Å². The van der Waals surface area contributed by atoms with Gasteiger partial charge in [0, 0.05) is 4.47 Å². The number of carbonyl (C=O) groups excluding carboxylic acids is 1. The van der Waals surface area contributed by atoms with E-state index in [4.69, 9.17) is 15.2 Å². The number of nitrogens with two attached hydrogens (primary N) is 1. The van der Waals surface area contributed by atoms with E-state index in [0.717, 1.165) is 0 Å². The SMILES string of the molecule is CCOC(=O)C(F)(F)[C@H](N)c1cc(OC)c(OC)cc1Br. The molecule has 2 N–H and O–H groups in total. The van der Waals surface area contributed by atoms with Crippen molar-refractivity contribution in [1.82, 2.24) is 0 Å². The van der Waals surface area contributed by atoms with Crippen LogP contribution in [-0.4, -0.2) is 32.7 Å². The van der Waals surface area contributed by atoms with Crippen LogP contribution in [0.3, 0.4) is 0 Å². The third-order valence-electron chi connectivity index (χ3n) is 2.78. The summed E-state index contributed by atoms with van der Waals surface area (Å²) in [5.74, 6) is -4.96. The monoisotopic (exact) mass is 367 g/mol. The predicted molar refractivity (Wildman–Crippen MR) is 75.8 cm³/mol. The van der Waals surface area contributed by atoms with E-state index in [1.54, 1.807) is 0 Å². The van der Waals surface area contributed by atoms with Crippen molar-refractivity contribution in [3.05, 3.63) is 22.2 Å². The molecule has 0 aliphatic heterocycles.